The monoisotopic (exact) mass is 249 g/mol. The number of hydrogen-bond donors (Lipinski definition) is 3. The van der Waals surface area contributed by atoms with Gasteiger partial charge in [0.2, 0.25) is 0 Å². The van der Waals surface area contributed by atoms with Crippen LogP contribution in [0.15, 0.2) is 23.1 Å². The highest BCUT2D eigenvalue weighted by Gasteiger charge is 2.16. The Balaban J connectivity index is 2.22. The van der Waals surface area contributed by atoms with Gasteiger partial charge in [-0.3, -0.25) is 10.1 Å². The Bertz CT molecular complexity index is 634. The van der Waals surface area contributed by atoms with E-state index in [4.69, 9.17) is 4.74 Å². The van der Waals surface area contributed by atoms with Gasteiger partial charge in [-0.05, 0) is 26.8 Å². The van der Waals surface area contributed by atoms with E-state index in [0.29, 0.717) is 16.7 Å². The molecule has 6 nitrogen and oxygen atoms in total. The number of anilines is 1. The van der Waals surface area contributed by atoms with Crippen LogP contribution in [-0.2, 0) is 4.74 Å². The molecule has 0 saturated carbocycles. The van der Waals surface area contributed by atoms with Crippen LogP contribution in [0, 0.1) is 0 Å². The predicted octanol–water partition coefficient (Wildman–Crippen LogP) is 2.20. The Morgan fingerprint density at radius 3 is 2.78 bits per heavy atom. The molecule has 96 valence electrons. The Morgan fingerprint density at radius 1 is 1.39 bits per heavy atom. The van der Waals surface area contributed by atoms with Gasteiger partial charge in [0.05, 0.1) is 10.9 Å². The van der Waals surface area contributed by atoms with Crippen LogP contribution in [0.3, 0.4) is 0 Å². The van der Waals surface area contributed by atoms with Crippen molar-refractivity contribution in [3.8, 4) is 0 Å². The molecule has 0 aliphatic carbocycles. The highest BCUT2D eigenvalue weighted by atomic mass is 16.6. The lowest BCUT2D eigenvalue weighted by Gasteiger charge is -2.19. The van der Waals surface area contributed by atoms with Crippen LogP contribution in [0.25, 0.3) is 10.9 Å². The number of nitrogens with one attached hydrogen (secondary N) is 3. The third kappa shape index (κ3) is 2.71. The highest BCUT2D eigenvalue weighted by Crippen LogP contribution is 2.13. The van der Waals surface area contributed by atoms with E-state index in [0.717, 1.165) is 0 Å². The van der Waals surface area contributed by atoms with Crippen LogP contribution in [0.2, 0.25) is 0 Å². The van der Waals surface area contributed by atoms with E-state index in [1.807, 2.05) is 0 Å². The molecule has 0 unspecified atom stereocenters. The molecule has 3 N–H and O–H groups in total. The van der Waals surface area contributed by atoms with Gasteiger partial charge >= 0.3 is 6.09 Å². The molecule has 2 heterocycles. The fourth-order valence-corrected chi connectivity index (χ4v) is 1.55. The maximum absolute atomic E-state index is 11.7. The summed E-state index contributed by atoms with van der Waals surface area (Å²) < 4.78 is 5.09. The molecular weight excluding hydrogens is 234 g/mol. The highest BCUT2D eigenvalue weighted by molar-refractivity contribution is 5.87. The smallest absolute Gasteiger partial charge is 0.413 e. The van der Waals surface area contributed by atoms with E-state index in [1.165, 1.54) is 0 Å². The number of aromatic amines is 2. The normalized spacial score (nSPS) is 11.5. The molecule has 2 aromatic heterocycles. The van der Waals surface area contributed by atoms with Gasteiger partial charge in [-0.25, -0.2) is 4.79 Å². The summed E-state index contributed by atoms with van der Waals surface area (Å²) in [5, 5.41) is 3.03. The maximum atomic E-state index is 11.7. The van der Waals surface area contributed by atoms with Gasteiger partial charge in [0.15, 0.2) is 0 Å². The number of fused-ring (bicyclic) bond motifs is 1. The summed E-state index contributed by atoms with van der Waals surface area (Å²) in [4.78, 5) is 28.7. The minimum Gasteiger partial charge on any atom is -0.444 e. The van der Waals surface area contributed by atoms with Crippen LogP contribution >= 0.6 is 0 Å². The Labute approximate surface area is 103 Å². The van der Waals surface area contributed by atoms with Crippen molar-refractivity contribution in [3.63, 3.8) is 0 Å². The summed E-state index contributed by atoms with van der Waals surface area (Å²) in [5.41, 5.74) is -0.189. The number of carbonyl (C=O) groups excluding carboxylic acids is 1. The largest absolute Gasteiger partial charge is 0.444 e. The minimum atomic E-state index is -0.607. The molecule has 0 spiro atoms. The van der Waals surface area contributed by atoms with Crippen LogP contribution < -0.4 is 10.9 Å². The molecule has 6 heteroatoms. The molecule has 0 fully saturated rings. The number of hydrogen-bond acceptors (Lipinski definition) is 3. The van der Waals surface area contributed by atoms with Crippen molar-refractivity contribution in [3.05, 3.63) is 28.7 Å². The SMILES string of the molecule is CC(C)(C)OC(=O)Nc1cc2[nH]ccc2c(=O)[nH]1. The second-order valence-electron chi connectivity index (χ2n) is 4.94. The van der Waals surface area contributed by atoms with Crippen molar-refractivity contribution in [1.29, 1.82) is 0 Å². The molecule has 0 atom stereocenters. The number of H-pyrrole nitrogens is 2. The van der Waals surface area contributed by atoms with Crippen molar-refractivity contribution in [2.24, 2.45) is 0 Å². The molecule has 0 radical (unpaired) electrons. The first-order valence-corrected chi connectivity index (χ1v) is 5.55. The van der Waals surface area contributed by atoms with Gasteiger partial charge in [0.25, 0.3) is 5.56 Å². The summed E-state index contributed by atoms with van der Waals surface area (Å²) in [6.07, 6.45) is 1.06. The van der Waals surface area contributed by atoms with E-state index in [-0.39, 0.29) is 5.56 Å². The van der Waals surface area contributed by atoms with Gasteiger partial charge in [-0.2, -0.15) is 0 Å². The summed E-state index contributed by atoms with van der Waals surface area (Å²) in [7, 11) is 0. The first kappa shape index (κ1) is 12.2. The van der Waals surface area contributed by atoms with Crippen molar-refractivity contribution >= 4 is 22.8 Å². The van der Waals surface area contributed by atoms with Crippen LogP contribution in [0.4, 0.5) is 10.6 Å². The molecular formula is C12H15N3O3. The molecule has 0 saturated heterocycles. The topological polar surface area (TPSA) is 87.0 Å². The molecule has 0 bridgehead atoms. The number of aromatic nitrogens is 2. The number of pyridine rings is 1. The van der Waals surface area contributed by atoms with Gasteiger partial charge in [0, 0.05) is 12.3 Å². The summed E-state index contributed by atoms with van der Waals surface area (Å²) in [6, 6.07) is 3.31. The quantitative estimate of drug-likeness (QED) is 0.724. The zero-order valence-corrected chi connectivity index (χ0v) is 10.5. The number of amides is 1. The van der Waals surface area contributed by atoms with Gasteiger partial charge in [-0.15, -0.1) is 0 Å². The number of rotatable bonds is 1. The molecule has 18 heavy (non-hydrogen) atoms. The van der Waals surface area contributed by atoms with Gasteiger partial charge in [0.1, 0.15) is 11.4 Å². The maximum Gasteiger partial charge on any atom is 0.413 e. The lowest BCUT2D eigenvalue weighted by molar-refractivity contribution is 0.0635. The van der Waals surface area contributed by atoms with Crippen molar-refractivity contribution in [2.75, 3.05) is 5.32 Å². The van der Waals surface area contributed by atoms with Gasteiger partial charge < -0.3 is 14.7 Å². The van der Waals surface area contributed by atoms with Crippen molar-refractivity contribution in [2.45, 2.75) is 26.4 Å². The van der Waals surface area contributed by atoms with E-state index >= 15 is 0 Å². The predicted molar refractivity (Wildman–Crippen MR) is 68.8 cm³/mol. The van der Waals surface area contributed by atoms with E-state index in [2.05, 4.69) is 15.3 Å². The first-order valence-electron chi connectivity index (χ1n) is 5.55. The average Bonchev–Trinajstić information content (AvgIpc) is 2.62. The average molecular weight is 249 g/mol. The standard InChI is InChI=1S/C12H15N3O3/c1-12(2,3)18-11(17)15-9-6-8-7(4-5-13-8)10(16)14-9/h4-6,13H,1-3H3,(H2,14,15,16,17). The lowest BCUT2D eigenvalue weighted by atomic mass is 10.2. The van der Waals surface area contributed by atoms with E-state index in [9.17, 15) is 9.59 Å². The molecule has 2 aromatic rings. The fraction of sp³-hybridized carbons (Fsp3) is 0.333. The second kappa shape index (κ2) is 4.21. The molecule has 0 aliphatic heterocycles. The van der Waals surface area contributed by atoms with Crippen LogP contribution in [-0.4, -0.2) is 21.7 Å². The van der Waals surface area contributed by atoms with E-state index < -0.39 is 11.7 Å². The van der Waals surface area contributed by atoms with E-state index in [1.54, 1.807) is 39.1 Å². The Kier molecular flexibility index (Phi) is 2.86. The first-order chi connectivity index (χ1) is 8.35. The minimum absolute atomic E-state index is 0.264. The zero-order chi connectivity index (χ0) is 13.3. The Hall–Kier alpha value is -2.24. The van der Waals surface area contributed by atoms with Crippen molar-refractivity contribution in [1.82, 2.24) is 9.97 Å². The van der Waals surface area contributed by atoms with Gasteiger partial charge in [-0.1, -0.05) is 0 Å². The Morgan fingerprint density at radius 2 is 2.11 bits per heavy atom. The van der Waals surface area contributed by atoms with Crippen molar-refractivity contribution < 1.29 is 9.53 Å². The molecule has 0 aliphatic rings. The third-order valence-corrected chi connectivity index (χ3v) is 2.20. The van der Waals surface area contributed by atoms with Crippen LogP contribution in [0.5, 0.6) is 0 Å². The number of ether oxygens (including phenoxy) is 1. The summed E-state index contributed by atoms with van der Waals surface area (Å²) >= 11 is 0. The lowest BCUT2D eigenvalue weighted by Crippen LogP contribution is -2.28. The summed E-state index contributed by atoms with van der Waals surface area (Å²) in [6.45, 7) is 5.30. The molecule has 0 aromatic carbocycles. The van der Waals surface area contributed by atoms with Crippen LogP contribution in [0.1, 0.15) is 20.8 Å². The molecule has 1 amide bonds. The second-order valence-corrected chi connectivity index (χ2v) is 4.94. The third-order valence-electron chi connectivity index (χ3n) is 2.20. The fourth-order valence-electron chi connectivity index (χ4n) is 1.55. The summed E-state index contributed by atoms with van der Waals surface area (Å²) in [5.74, 6) is 0.296. The molecule has 2 rings (SSSR count). The number of carbonyl (C=O) groups is 1. The zero-order valence-electron chi connectivity index (χ0n) is 10.5.